The summed E-state index contributed by atoms with van der Waals surface area (Å²) in [6, 6.07) is 15.4. The molecule has 1 atom stereocenters. The topological polar surface area (TPSA) is 58.1 Å². The molecule has 0 saturated heterocycles. The van der Waals surface area contributed by atoms with Gasteiger partial charge in [-0.25, -0.2) is 4.98 Å². The van der Waals surface area contributed by atoms with E-state index in [1.54, 1.807) is 13.0 Å². The molecule has 5 nitrogen and oxygen atoms in total. The molecule has 0 aliphatic heterocycles. The molecule has 1 aromatic heterocycles. The smallest absolute Gasteiger partial charge is 0.348 e. The number of carbonyl (C=O) groups excluding carboxylic acids is 1. The average Bonchev–Trinajstić information content (AvgIpc) is 2.74. The lowest BCUT2D eigenvalue weighted by Gasteiger charge is -2.21. The summed E-state index contributed by atoms with van der Waals surface area (Å²) in [6.45, 7) is 4.03. The molecule has 0 unspecified atom stereocenters. The Kier molecular flexibility index (Phi) is 6.34. The SMILES string of the molecule is CCN(C(=O)c1ccc(C(F)(F)F)cc1)c1ccnc(N[C@@H](C)c2ccccc2)n1. The van der Waals surface area contributed by atoms with E-state index in [1.165, 1.54) is 23.2 Å². The summed E-state index contributed by atoms with van der Waals surface area (Å²) in [6.07, 6.45) is -2.92. The summed E-state index contributed by atoms with van der Waals surface area (Å²) in [5.41, 5.74) is 0.404. The van der Waals surface area contributed by atoms with Crippen LogP contribution in [0.3, 0.4) is 0 Å². The highest BCUT2D eigenvalue weighted by Gasteiger charge is 2.30. The van der Waals surface area contributed by atoms with Crippen LogP contribution in [0.15, 0.2) is 66.9 Å². The van der Waals surface area contributed by atoms with Crippen LogP contribution < -0.4 is 10.2 Å². The number of halogens is 3. The first-order valence-corrected chi connectivity index (χ1v) is 9.43. The van der Waals surface area contributed by atoms with Crippen molar-refractivity contribution in [3.63, 3.8) is 0 Å². The molecule has 0 fully saturated rings. The number of alkyl halides is 3. The fourth-order valence-electron chi connectivity index (χ4n) is 2.96. The zero-order valence-corrected chi connectivity index (χ0v) is 16.5. The molecule has 1 amide bonds. The number of anilines is 2. The van der Waals surface area contributed by atoms with Gasteiger partial charge in [-0.15, -0.1) is 0 Å². The van der Waals surface area contributed by atoms with E-state index in [0.29, 0.717) is 18.3 Å². The maximum atomic E-state index is 12.9. The molecule has 3 rings (SSSR count). The van der Waals surface area contributed by atoms with Gasteiger partial charge in [-0.1, -0.05) is 30.3 Å². The second kappa shape index (κ2) is 8.94. The monoisotopic (exact) mass is 414 g/mol. The summed E-state index contributed by atoms with van der Waals surface area (Å²) in [4.78, 5) is 22.9. The Morgan fingerprint density at radius 3 is 2.33 bits per heavy atom. The van der Waals surface area contributed by atoms with Crippen molar-refractivity contribution in [2.75, 3.05) is 16.8 Å². The minimum Gasteiger partial charge on any atom is -0.348 e. The highest BCUT2D eigenvalue weighted by atomic mass is 19.4. The summed E-state index contributed by atoms with van der Waals surface area (Å²) < 4.78 is 38.3. The summed E-state index contributed by atoms with van der Waals surface area (Å²) in [7, 11) is 0. The van der Waals surface area contributed by atoms with Gasteiger partial charge in [0.1, 0.15) is 5.82 Å². The molecule has 30 heavy (non-hydrogen) atoms. The number of amides is 1. The van der Waals surface area contributed by atoms with Gasteiger partial charge >= 0.3 is 6.18 Å². The number of nitrogens with one attached hydrogen (secondary N) is 1. The van der Waals surface area contributed by atoms with Crippen LogP contribution in [0.4, 0.5) is 24.9 Å². The molecule has 0 radical (unpaired) electrons. The largest absolute Gasteiger partial charge is 0.416 e. The standard InChI is InChI=1S/C22H21F3N4O/c1-3-29(20(30)17-9-11-18(12-10-17)22(23,24)25)19-13-14-26-21(28-19)27-15(2)16-7-5-4-6-8-16/h4-15H,3H2,1-2H3,(H,26,27,28)/t15-/m0/s1. The quantitative estimate of drug-likeness (QED) is 0.592. The van der Waals surface area contributed by atoms with Crippen molar-refractivity contribution in [1.29, 1.82) is 0 Å². The molecular weight excluding hydrogens is 393 g/mol. The number of carbonyl (C=O) groups is 1. The first-order chi connectivity index (χ1) is 14.3. The second-order valence-corrected chi connectivity index (χ2v) is 6.64. The average molecular weight is 414 g/mol. The fraction of sp³-hybridized carbons (Fsp3) is 0.227. The van der Waals surface area contributed by atoms with E-state index in [4.69, 9.17) is 0 Å². The zero-order valence-electron chi connectivity index (χ0n) is 16.5. The molecular formula is C22H21F3N4O. The maximum Gasteiger partial charge on any atom is 0.416 e. The number of hydrogen-bond donors (Lipinski definition) is 1. The van der Waals surface area contributed by atoms with Crippen molar-refractivity contribution in [1.82, 2.24) is 9.97 Å². The molecule has 0 saturated carbocycles. The fourth-order valence-corrected chi connectivity index (χ4v) is 2.96. The van der Waals surface area contributed by atoms with Crippen LogP contribution in [0, 0.1) is 0 Å². The highest BCUT2D eigenvalue weighted by molar-refractivity contribution is 6.05. The Morgan fingerprint density at radius 1 is 1.07 bits per heavy atom. The molecule has 1 heterocycles. The number of nitrogens with zero attached hydrogens (tertiary/aromatic N) is 3. The second-order valence-electron chi connectivity index (χ2n) is 6.64. The Balaban J connectivity index is 1.79. The van der Waals surface area contributed by atoms with Gasteiger partial charge < -0.3 is 5.32 Å². The van der Waals surface area contributed by atoms with Gasteiger partial charge in [-0.3, -0.25) is 9.69 Å². The van der Waals surface area contributed by atoms with Crippen LogP contribution in [0.5, 0.6) is 0 Å². The van der Waals surface area contributed by atoms with Crippen molar-refractivity contribution in [3.05, 3.63) is 83.6 Å². The minimum atomic E-state index is -4.45. The van der Waals surface area contributed by atoms with Gasteiger partial charge in [-0.2, -0.15) is 18.2 Å². The minimum absolute atomic E-state index is 0.0536. The molecule has 0 spiro atoms. The number of hydrogen-bond acceptors (Lipinski definition) is 4. The molecule has 0 bridgehead atoms. The van der Waals surface area contributed by atoms with Crippen LogP contribution in [0.1, 0.15) is 41.4 Å². The first kappa shape index (κ1) is 21.3. The van der Waals surface area contributed by atoms with Gasteiger partial charge in [0.25, 0.3) is 5.91 Å². The lowest BCUT2D eigenvalue weighted by atomic mass is 10.1. The lowest BCUT2D eigenvalue weighted by molar-refractivity contribution is -0.137. The molecule has 0 aliphatic carbocycles. The molecule has 8 heteroatoms. The van der Waals surface area contributed by atoms with E-state index in [9.17, 15) is 18.0 Å². The Bertz CT molecular complexity index is 991. The van der Waals surface area contributed by atoms with Gasteiger partial charge in [0, 0.05) is 18.3 Å². The van der Waals surface area contributed by atoms with E-state index in [0.717, 1.165) is 17.7 Å². The normalized spacial score (nSPS) is 12.3. The molecule has 0 aliphatic rings. The highest BCUT2D eigenvalue weighted by Crippen LogP contribution is 2.29. The zero-order chi connectivity index (χ0) is 21.7. The first-order valence-electron chi connectivity index (χ1n) is 9.43. The van der Waals surface area contributed by atoms with E-state index in [1.807, 2.05) is 37.3 Å². The number of rotatable bonds is 6. The molecule has 156 valence electrons. The van der Waals surface area contributed by atoms with Crippen LogP contribution in [0.2, 0.25) is 0 Å². The van der Waals surface area contributed by atoms with Crippen LogP contribution in [-0.2, 0) is 6.18 Å². The third kappa shape index (κ3) is 4.94. The third-order valence-corrected chi connectivity index (χ3v) is 4.58. The van der Waals surface area contributed by atoms with Gasteiger partial charge in [0.15, 0.2) is 0 Å². The van der Waals surface area contributed by atoms with E-state index >= 15 is 0 Å². The molecule has 2 aromatic carbocycles. The van der Waals surface area contributed by atoms with Crippen LogP contribution >= 0.6 is 0 Å². The predicted octanol–water partition coefficient (Wildman–Crippen LogP) is 5.34. The van der Waals surface area contributed by atoms with Crippen molar-refractivity contribution in [2.24, 2.45) is 0 Å². The maximum absolute atomic E-state index is 12.9. The van der Waals surface area contributed by atoms with Gasteiger partial charge in [0.2, 0.25) is 5.95 Å². The molecule has 1 N–H and O–H groups in total. The van der Waals surface area contributed by atoms with E-state index < -0.39 is 17.6 Å². The Morgan fingerprint density at radius 2 is 1.73 bits per heavy atom. The van der Waals surface area contributed by atoms with Crippen molar-refractivity contribution in [3.8, 4) is 0 Å². The van der Waals surface area contributed by atoms with Crippen molar-refractivity contribution in [2.45, 2.75) is 26.1 Å². The third-order valence-electron chi connectivity index (χ3n) is 4.58. The van der Waals surface area contributed by atoms with Gasteiger partial charge in [0.05, 0.1) is 11.6 Å². The van der Waals surface area contributed by atoms with Crippen molar-refractivity contribution < 1.29 is 18.0 Å². The lowest BCUT2D eigenvalue weighted by Crippen LogP contribution is -2.31. The molecule has 3 aromatic rings. The predicted molar refractivity (Wildman–Crippen MR) is 109 cm³/mol. The Hall–Kier alpha value is -3.42. The van der Waals surface area contributed by atoms with Crippen molar-refractivity contribution >= 4 is 17.7 Å². The van der Waals surface area contributed by atoms with E-state index in [-0.39, 0.29) is 11.6 Å². The van der Waals surface area contributed by atoms with Gasteiger partial charge in [-0.05, 0) is 49.7 Å². The van der Waals surface area contributed by atoms with Crippen LogP contribution in [-0.4, -0.2) is 22.4 Å². The summed E-state index contributed by atoms with van der Waals surface area (Å²) >= 11 is 0. The number of aromatic nitrogens is 2. The number of benzene rings is 2. The summed E-state index contributed by atoms with van der Waals surface area (Å²) in [5.74, 6) is 0.273. The Labute approximate surface area is 172 Å². The van der Waals surface area contributed by atoms with E-state index in [2.05, 4.69) is 15.3 Å². The summed E-state index contributed by atoms with van der Waals surface area (Å²) in [5, 5.41) is 3.20. The van der Waals surface area contributed by atoms with Crippen LogP contribution in [0.25, 0.3) is 0 Å².